The number of hydrogen-bond acceptors (Lipinski definition) is 3. The Morgan fingerprint density at radius 2 is 1.72 bits per heavy atom. The van der Waals surface area contributed by atoms with E-state index in [0.29, 0.717) is 10.7 Å². The number of anilines is 1. The normalized spacial score (nSPS) is 10.5. The fourth-order valence-corrected chi connectivity index (χ4v) is 3.08. The van der Waals surface area contributed by atoms with Crippen LogP contribution in [0.1, 0.15) is 15.9 Å². The molecule has 7 heteroatoms. The molecule has 4 rings (SSSR count). The van der Waals surface area contributed by atoms with Crippen molar-refractivity contribution in [2.75, 3.05) is 5.32 Å². The van der Waals surface area contributed by atoms with Crippen molar-refractivity contribution >= 4 is 40.0 Å². The Morgan fingerprint density at radius 3 is 2.48 bits per heavy atom. The van der Waals surface area contributed by atoms with Crippen molar-refractivity contribution in [3.63, 3.8) is 0 Å². The molecule has 0 aliphatic carbocycles. The number of aromatic nitrogens is 2. The van der Waals surface area contributed by atoms with Crippen molar-refractivity contribution in [2.24, 2.45) is 0 Å². The highest BCUT2D eigenvalue weighted by Gasteiger charge is 2.09. The molecule has 0 spiro atoms. The third-order valence-electron chi connectivity index (χ3n) is 4.38. The minimum atomic E-state index is -0.283. The Bertz CT molecular complexity index is 1170. The lowest BCUT2D eigenvalue weighted by Gasteiger charge is -2.11. The lowest BCUT2D eigenvalue weighted by molar-refractivity contribution is 0.0944. The number of para-hydroxylation sites is 1. The highest BCUT2D eigenvalue weighted by molar-refractivity contribution is 7.80. The number of nitrogens with zero attached hydrogens (tertiary/aromatic N) is 1. The van der Waals surface area contributed by atoms with Crippen LogP contribution in [-0.4, -0.2) is 21.0 Å². The van der Waals surface area contributed by atoms with Crippen LogP contribution in [0.2, 0.25) is 0 Å². The Labute approximate surface area is 173 Å². The largest absolute Gasteiger partial charge is 0.338 e. The van der Waals surface area contributed by atoms with Gasteiger partial charge in [0.25, 0.3) is 5.91 Å². The van der Waals surface area contributed by atoms with Crippen LogP contribution in [0.15, 0.2) is 72.8 Å². The molecule has 1 heterocycles. The smallest absolute Gasteiger partial charge is 0.269 e. The molecule has 1 aromatic heterocycles. The van der Waals surface area contributed by atoms with Crippen LogP contribution >= 0.6 is 12.2 Å². The van der Waals surface area contributed by atoms with Crippen molar-refractivity contribution < 1.29 is 4.79 Å². The zero-order valence-corrected chi connectivity index (χ0v) is 16.5. The summed E-state index contributed by atoms with van der Waals surface area (Å²) in [7, 11) is 0. The zero-order chi connectivity index (χ0) is 20.2. The number of hydrogen-bond donors (Lipinski definition) is 4. The lowest BCUT2D eigenvalue weighted by Crippen LogP contribution is -2.43. The molecule has 4 N–H and O–H groups in total. The number of carbonyl (C=O) groups excluding carboxylic acids is 1. The first-order chi connectivity index (χ1) is 14.1. The van der Waals surface area contributed by atoms with Gasteiger partial charge in [-0.3, -0.25) is 15.6 Å². The van der Waals surface area contributed by atoms with Crippen molar-refractivity contribution in [3.05, 3.63) is 83.9 Å². The number of nitrogens with one attached hydrogen (secondary N) is 4. The van der Waals surface area contributed by atoms with Gasteiger partial charge in [-0.1, -0.05) is 36.4 Å². The number of aromatic amines is 1. The molecule has 4 aromatic rings. The fraction of sp³-hybridized carbons (Fsp3) is 0.0455. The highest BCUT2D eigenvalue weighted by atomic mass is 32.1. The van der Waals surface area contributed by atoms with Gasteiger partial charge < -0.3 is 10.3 Å². The van der Waals surface area contributed by atoms with Gasteiger partial charge in [-0.25, -0.2) is 4.98 Å². The molecule has 0 atom stereocenters. The molecule has 3 aromatic carbocycles. The van der Waals surface area contributed by atoms with E-state index in [-0.39, 0.29) is 5.91 Å². The van der Waals surface area contributed by atoms with E-state index >= 15 is 0 Å². The summed E-state index contributed by atoms with van der Waals surface area (Å²) in [4.78, 5) is 20.3. The summed E-state index contributed by atoms with van der Waals surface area (Å²) in [6, 6.07) is 22.8. The maximum atomic E-state index is 12.3. The van der Waals surface area contributed by atoms with E-state index in [1.165, 1.54) is 5.56 Å². The number of hydrazine groups is 1. The number of rotatable bonds is 3. The molecular formula is C22H19N5OS. The van der Waals surface area contributed by atoms with Crippen LogP contribution in [0.25, 0.3) is 22.4 Å². The summed E-state index contributed by atoms with van der Waals surface area (Å²) < 4.78 is 0. The van der Waals surface area contributed by atoms with Gasteiger partial charge >= 0.3 is 0 Å². The van der Waals surface area contributed by atoms with Crippen LogP contribution in [-0.2, 0) is 0 Å². The van der Waals surface area contributed by atoms with Gasteiger partial charge in [0.05, 0.1) is 11.0 Å². The lowest BCUT2D eigenvalue weighted by atomic mass is 10.1. The Morgan fingerprint density at radius 1 is 0.966 bits per heavy atom. The number of fused-ring (bicyclic) bond motifs is 1. The molecule has 6 nitrogen and oxygen atoms in total. The number of H-pyrrole nitrogens is 1. The number of benzene rings is 3. The summed E-state index contributed by atoms with van der Waals surface area (Å²) in [5.41, 5.74) is 10.6. The average molecular weight is 401 g/mol. The number of amides is 1. The van der Waals surface area contributed by atoms with Gasteiger partial charge in [0.2, 0.25) is 0 Å². The third kappa shape index (κ3) is 4.41. The summed E-state index contributed by atoms with van der Waals surface area (Å²) >= 11 is 5.18. The summed E-state index contributed by atoms with van der Waals surface area (Å²) in [6.07, 6.45) is 0. The molecule has 1 amide bonds. The second-order valence-corrected chi connectivity index (χ2v) is 6.99. The van der Waals surface area contributed by atoms with Gasteiger partial charge in [-0.15, -0.1) is 0 Å². The highest BCUT2D eigenvalue weighted by Crippen LogP contribution is 2.21. The molecule has 144 valence electrons. The number of aryl methyl sites for hydroxylation is 1. The molecule has 29 heavy (non-hydrogen) atoms. The Hall–Kier alpha value is -3.71. The van der Waals surface area contributed by atoms with E-state index in [1.807, 2.05) is 61.5 Å². The van der Waals surface area contributed by atoms with Crippen LogP contribution < -0.4 is 16.2 Å². The third-order valence-corrected chi connectivity index (χ3v) is 4.58. The van der Waals surface area contributed by atoms with E-state index < -0.39 is 0 Å². The monoisotopic (exact) mass is 401 g/mol. The van der Waals surface area contributed by atoms with Gasteiger partial charge in [-0.05, 0) is 61.1 Å². The maximum Gasteiger partial charge on any atom is 0.269 e. The summed E-state index contributed by atoms with van der Waals surface area (Å²) in [5.74, 6) is 0.484. The quantitative estimate of drug-likeness (QED) is 0.306. The van der Waals surface area contributed by atoms with E-state index in [9.17, 15) is 4.79 Å². The van der Waals surface area contributed by atoms with Crippen molar-refractivity contribution in [1.29, 1.82) is 0 Å². The van der Waals surface area contributed by atoms with Gasteiger partial charge in [0.15, 0.2) is 5.11 Å². The number of thiocarbonyl (C=S) groups is 1. The Kier molecular flexibility index (Phi) is 5.22. The van der Waals surface area contributed by atoms with Crippen LogP contribution in [0.4, 0.5) is 5.69 Å². The molecule has 0 saturated carbocycles. The fourth-order valence-electron chi connectivity index (χ4n) is 2.91. The second kappa shape index (κ2) is 8.12. The SMILES string of the molecule is Cc1ccc2nc(-c3ccc(C(=O)NNC(=S)Nc4ccccc4)cc3)[nH]c2c1. The molecule has 0 aliphatic heterocycles. The Balaban J connectivity index is 1.39. The van der Waals surface area contributed by atoms with Crippen molar-refractivity contribution in [1.82, 2.24) is 20.8 Å². The molecule has 0 unspecified atom stereocenters. The molecule has 0 fully saturated rings. The standard InChI is InChI=1S/C22H19N5OS/c1-14-7-12-18-19(13-14)25-20(24-18)15-8-10-16(11-9-15)21(28)26-27-22(29)23-17-5-3-2-4-6-17/h2-13H,1H3,(H,24,25)(H,26,28)(H2,23,27,29). The van der Waals surface area contributed by atoms with E-state index in [1.54, 1.807) is 12.1 Å². The first-order valence-electron chi connectivity index (χ1n) is 9.08. The maximum absolute atomic E-state index is 12.3. The van der Waals surface area contributed by atoms with Gasteiger partial charge in [-0.2, -0.15) is 0 Å². The minimum absolute atomic E-state index is 0.283. The predicted octanol–water partition coefficient (Wildman–Crippen LogP) is 4.17. The first-order valence-corrected chi connectivity index (χ1v) is 9.48. The summed E-state index contributed by atoms with van der Waals surface area (Å²) in [5, 5.41) is 3.29. The van der Waals surface area contributed by atoms with E-state index in [2.05, 4.69) is 32.2 Å². The molecule has 0 radical (unpaired) electrons. The van der Waals surface area contributed by atoms with E-state index in [0.717, 1.165) is 28.1 Å². The topological polar surface area (TPSA) is 81.8 Å². The van der Waals surface area contributed by atoms with Gasteiger partial charge in [0.1, 0.15) is 5.82 Å². The number of imidazole rings is 1. The van der Waals surface area contributed by atoms with E-state index in [4.69, 9.17) is 12.2 Å². The van der Waals surface area contributed by atoms with Crippen LogP contribution in [0.3, 0.4) is 0 Å². The van der Waals surface area contributed by atoms with Crippen LogP contribution in [0.5, 0.6) is 0 Å². The molecule has 0 saturated heterocycles. The average Bonchev–Trinajstić information content (AvgIpc) is 3.16. The van der Waals surface area contributed by atoms with Crippen molar-refractivity contribution in [2.45, 2.75) is 6.92 Å². The van der Waals surface area contributed by atoms with Crippen molar-refractivity contribution in [3.8, 4) is 11.4 Å². The summed E-state index contributed by atoms with van der Waals surface area (Å²) in [6.45, 7) is 2.04. The predicted molar refractivity (Wildman–Crippen MR) is 120 cm³/mol. The minimum Gasteiger partial charge on any atom is -0.338 e. The van der Waals surface area contributed by atoms with Gasteiger partial charge in [0, 0.05) is 16.8 Å². The van der Waals surface area contributed by atoms with Crippen LogP contribution in [0, 0.1) is 6.92 Å². The number of carbonyl (C=O) groups is 1. The first kappa shape index (κ1) is 18.6. The zero-order valence-electron chi connectivity index (χ0n) is 15.7. The molecular weight excluding hydrogens is 382 g/mol. The molecule has 0 bridgehead atoms. The second-order valence-electron chi connectivity index (χ2n) is 6.58. The molecule has 0 aliphatic rings.